The van der Waals surface area contributed by atoms with Gasteiger partial charge in [0.05, 0.1) is 18.4 Å². The van der Waals surface area contributed by atoms with Crippen LogP contribution in [0.25, 0.3) is 0 Å². The molecule has 1 aromatic heterocycles. The number of halogens is 2. The van der Waals surface area contributed by atoms with Crippen molar-refractivity contribution in [2.75, 3.05) is 6.61 Å². The number of hydrogen-bond donors (Lipinski definition) is 1. The Hall–Kier alpha value is -2.01. The first kappa shape index (κ1) is 14.4. The molecule has 0 fully saturated rings. The highest BCUT2D eigenvalue weighted by Gasteiger charge is 2.20. The van der Waals surface area contributed by atoms with Crippen molar-refractivity contribution >= 4 is 0 Å². The van der Waals surface area contributed by atoms with E-state index in [1.807, 2.05) is 6.92 Å². The lowest BCUT2D eigenvalue weighted by molar-refractivity contribution is 0.207. The van der Waals surface area contributed by atoms with Gasteiger partial charge < -0.3 is 9.84 Å². The minimum atomic E-state index is -1.42. The summed E-state index contributed by atoms with van der Waals surface area (Å²) >= 11 is 0. The summed E-state index contributed by atoms with van der Waals surface area (Å²) in [5.74, 6) is -1.13. The van der Waals surface area contributed by atoms with Crippen LogP contribution < -0.4 is 4.74 Å². The van der Waals surface area contributed by atoms with Gasteiger partial charge in [-0.25, -0.2) is 8.78 Å². The number of nitrogens with zero attached hydrogens (tertiary/aromatic N) is 1. The molecule has 2 aromatic rings. The Morgan fingerprint density at radius 1 is 1.25 bits per heavy atom. The molecule has 5 heteroatoms. The quantitative estimate of drug-likeness (QED) is 0.913. The first-order valence-corrected chi connectivity index (χ1v) is 6.33. The fraction of sp³-hybridized carbons (Fsp3) is 0.267. The number of ether oxygens (including phenoxy) is 1. The molecule has 1 N–H and O–H groups in total. The molecule has 3 nitrogen and oxygen atoms in total. The second kappa shape index (κ2) is 6.43. The zero-order valence-corrected chi connectivity index (χ0v) is 11.0. The van der Waals surface area contributed by atoms with Gasteiger partial charge in [-0.2, -0.15) is 0 Å². The second-order valence-electron chi connectivity index (χ2n) is 4.34. The molecule has 0 spiro atoms. The number of rotatable bonds is 5. The van der Waals surface area contributed by atoms with Crippen molar-refractivity contribution < 1.29 is 18.6 Å². The average molecular weight is 279 g/mol. The Kier molecular flexibility index (Phi) is 4.63. The van der Waals surface area contributed by atoms with Crippen molar-refractivity contribution in [2.45, 2.75) is 19.4 Å². The fourth-order valence-corrected chi connectivity index (χ4v) is 1.82. The summed E-state index contributed by atoms with van der Waals surface area (Å²) in [6.07, 6.45) is 2.25. The van der Waals surface area contributed by atoms with Crippen LogP contribution in [0.15, 0.2) is 36.7 Å². The molecule has 1 heterocycles. The highest BCUT2D eigenvalue weighted by atomic mass is 19.1. The van der Waals surface area contributed by atoms with E-state index in [9.17, 15) is 13.9 Å². The van der Waals surface area contributed by atoms with Crippen LogP contribution in [0.1, 0.15) is 30.6 Å². The normalized spacial score (nSPS) is 12.2. The molecule has 0 bridgehead atoms. The van der Waals surface area contributed by atoms with Crippen LogP contribution in [0.4, 0.5) is 8.78 Å². The van der Waals surface area contributed by atoms with Crippen LogP contribution >= 0.6 is 0 Å². The highest BCUT2D eigenvalue weighted by molar-refractivity contribution is 5.33. The third-order valence-electron chi connectivity index (χ3n) is 2.80. The number of aliphatic hydroxyl groups excluding tert-OH is 1. The van der Waals surface area contributed by atoms with Gasteiger partial charge >= 0.3 is 0 Å². The van der Waals surface area contributed by atoms with E-state index in [0.717, 1.165) is 18.6 Å². The second-order valence-corrected chi connectivity index (χ2v) is 4.34. The standard InChI is InChI=1S/C15H15F2NO2/c1-2-6-20-11-7-10(8-18-9-11)15(19)14-12(16)4-3-5-13(14)17/h3-5,7-9,15,19H,2,6H2,1H3. The molecule has 0 aliphatic heterocycles. The molecule has 0 amide bonds. The Balaban J connectivity index is 2.31. The maximum atomic E-state index is 13.6. The summed E-state index contributed by atoms with van der Waals surface area (Å²) in [6.45, 7) is 2.47. The minimum Gasteiger partial charge on any atom is -0.492 e. The molecule has 1 aromatic carbocycles. The van der Waals surface area contributed by atoms with E-state index in [4.69, 9.17) is 4.74 Å². The van der Waals surface area contributed by atoms with E-state index < -0.39 is 17.7 Å². The van der Waals surface area contributed by atoms with Crippen molar-refractivity contribution in [3.8, 4) is 5.75 Å². The molecule has 0 saturated heterocycles. The van der Waals surface area contributed by atoms with Gasteiger partial charge in [-0.15, -0.1) is 0 Å². The Bertz CT molecular complexity index is 570. The van der Waals surface area contributed by atoms with Gasteiger partial charge in [0.15, 0.2) is 0 Å². The van der Waals surface area contributed by atoms with E-state index in [-0.39, 0.29) is 11.1 Å². The molecule has 1 unspecified atom stereocenters. The largest absolute Gasteiger partial charge is 0.492 e. The lowest BCUT2D eigenvalue weighted by Gasteiger charge is -2.14. The maximum absolute atomic E-state index is 13.6. The van der Waals surface area contributed by atoms with E-state index in [0.29, 0.717) is 12.4 Å². The van der Waals surface area contributed by atoms with Crippen LogP contribution in [0.3, 0.4) is 0 Å². The monoisotopic (exact) mass is 279 g/mol. The predicted molar refractivity (Wildman–Crippen MR) is 70.4 cm³/mol. The van der Waals surface area contributed by atoms with Crippen LogP contribution in [0, 0.1) is 11.6 Å². The maximum Gasteiger partial charge on any atom is 0.137 e. The zero-order valence-electron chi connectivity index (χ0n) is 11.0. The SMILES string of the molecule is CCCOc1cncc(C(O)c2c(F)cccc2F)c1. The van der Waals surface area contributed by atoms with Gasteiger partial charge in [-0.05, 0) is 24.6 Å². The lowest BCUT2D eigenvalue weighted by Crippen LogP contribution is -2.06. The highest BCUT2D eigenvalue weighted by Crippen LogP contribution is 2.28. The third kappa shape index (κ3) is 3.11. The molecule has 106 valence electrons. The van der Waals surface area contributed by atoms with E-state index in [1.165, 1.54) is 24.5 Å². The number of aliphatic hydroxyl groups is 1. The summed E-state index contributed by atoms with van der Waals surface area (Å²) in [6, 6.07) is 4.98. The van der Waals surface area contributed by atoms with Crippen molar-refractivity contribution in [1.82, 2.24) is 4.98 Å². The van der Waals surface area contributed by atoms with Crippen LogP contribution in [0.2, 0.25) is 0 Å². The molecular weight excluding hydrogens is 264 g/mol. The molecule has 0 radical (unpaired) electrons. The lowest BCUT2D eigenvalue weighted by atomic mass is 10.0. The van der Waals surface area contributed by atoms with Crippen LogP contribution in [0.5, 0.6) is 5.75 Å². The van der Waals surface area contributed by atoms with Gasteiger partial charge in [-0.1, -0.05) is 13.0 Å². The molecule has 0 aliphatic rings. The smallest absolute Gasteiger partial charge is 0.137 e. The summed E-state index contributed by atoms with van der Waals surface area (Å²) in [5, 5.41) is 10.1. The summed E-state index contributed by atoms with van der Waals surface area (Å²) in [4.78, 5) is 3.91. The minimum absolute atomic E-state index is 0.280. The van der Waals surface area contributed by atoms with Crippen LogP contribution in [-0.2, 0) is 0 Å². The van der Waals surface area contributed by atoms with Gasteiger partial charge in [0.1, 0.15) is 23.5 Å². The summed E-state index contributed by atoms with van der Waals surface area (Å²) < 4.78 is 32.7. The van der Waals surface area contributed by atoms with Crippen LogP contribution in [-0.4, -0.2) is 16.7 Å². The van der Waals surface area contributed by atoms with Crippen molar-refractivity contribution in [1.29, 1.82) is 0 Å². The van der Waals surface area contributed by atoms with E-state index in [2.05, 4.69) is 4.98 Å². The summed E-state index contributed by atoms with van der Waals surface area (Å²) in [7, 11) is 0. The van der Waals surface area contributed by atoms with Crippen molar-refractivity contribution in [3.05, 3.63) is 59.4 Å². The number of pyridine rings is 1. The first-order chi connectivity index (χ1) is 9.63. The number of aromatic nitrogens is 1. The topological polar surface area (TPSA) is 42.4 Å². The van der Waals surface area contributed by atoms with E-state index >= 15 is 0 Å². The zero-order chi connectivity index (χ0) is 14.5. The molecule has 20 heavy (non-hydrogen) atoms. The molecule has 1 atom stereocenters. The summed E-state index contributed by atoms with van der Waals surface area (Å²) in [5.41, 5.74) is -0.107. The third-order valence-corrected chi connectivity index (χ3v) is 2.80. The van der Waals surface area contributed by atoms with Crippen molar-refractivity contribution in [3.63, 3.8) is 0 Å². The van der Waals surface area contributed by atoms with Gasteiger partial charge in [0, 0.05) is 11.8 Å². The fourth-order valence-electron chi connectivity index (χ4n) is 1.82. The van der Waals surface area contributed by atoms with Gasteiger partial charge in [0.2, 0.25) is 0 Å². The Labute approximate surface area is 115 Å². The number of hydrogen-bond acceptors (Lipinski definition) is 3. The molecular formula is C15H15F2NO2. The van der Waals surface area contributed by atoms with E-state index in [1.54, 1.807) is 0 Å². The molecule has 0 saturated carbocycles. The Morgan fingerprint density at radius 3 is 2.60 bits per heavy atom. The molecule has 2 rings (SSSR count). The average Bonchev–Trinajstić information content (AvgIpc) is 2.45. The van der Waals surface area contributed by atoms with Crippen molar-refractivity contribution in [2.24, 2.45) is 0 Å². The van der Waals surface area contributed by atoms with Gasteiger partial charge in [-0.3, -0.25) is 4.98 Å². The predicted octanol–water partition coefficient (Wildman–Crippen LogP) is 3.23. The first-order valence-electron chi connectivity index (χ1n) is 6.33. The number of benzene rings is 1. The Morgan fingerprint density at radius 2 is 1.95 bits per heavy atom. The molecule has 0 aliphatic carbocycles. The van der Waals surface area contributed by atoms with Gasteiger partial charge in [0.25, 0.3) is 0 Å².